The molecule has 1 saturated heterocycles. The smallest absolute Gasteiger partial charge is 0.243 e. The molecule has 2 amide bonds. The van der Waals surface area contributed by atoms with Crippen molar-refractivity contribution in [1.82, 2.24) is 15.2 Å². The van der Waals surface area contributed by atoms with Crippen molar-refractivity contribution in [3.05, 3.63) is 16.6 Å². The van der Waals surface area contributed by atoms with Crippen LogP contribution in [0.25, 0.3) is 0 Å². The third kappa shape index (κ3) is 4.77. The fraction of sp³-hybridized carbons (Fsp3) is 0.706. The molecule has 0 radical (unpaired) electrons. The Bertz CT molecular complexity index is 516. The fourth-order valence-electron chi connectivity index (χ4n) is 2.99. The summed E-state index contributed by atoms with van der Waals surface area (Å²) in [7, 11) is 0. The highest BCUT2D eigenvalue weighted by Gasteiger charge is 2.33. The number of piperidine rings is 1. The van der Waals surface area contributed by atoms with Gasteiger partial charge in [-0.05, 0) is 31.6 Å². The molecule has 0 saturated carbocycles. The van der Waals surface area contributed by atoms with E-state index in [1.165, 1.54) is 0 Å². The molecule has 23 heavy (non-hydrogen) atoms. The van der Waals surface area contributed by atoms with E-state index in [9.17, 15) is 9.59 Å². The highest BCUT2D eigenvalue weighted by molar-refractivity contribution is 7.09. The van der Waals surface area contributed by atoms with Crippen molar-refractivity contribution in [3.63, 3.8) is 0 Å². The second kappa shape index (κ2) is 8.43. The van der Waals surface area contributed by atoms with Crippen LogP contribution >= 0.6 is 11.3 Å². The Balaban J connectivity index is 2.10. The van der Waals surface area contributed by atoms with Gasteiger partial charge in [-0.25, -0.2) is 4.98 Å². The number of amides is 2. The number of carbonyl (C=O) groups excluding carboxylic acids is 2. The minimum Gasteiger partial charge on any atom is -0.345 e. The summed E-state index contributed by atoms with van der Waals surface area (Å²) >= 11 is 1.55. The molecule has 0 unspecified atom stereocenters. The molecule has 0 bridgehead atoms. The summed E-state index contributed by atoms with van der Waals surface area (Å²) in [5.74, 6) is 0.427. The summed E-state index contributed by atoms with van der Waals surface area (Å²) in [6.45, 7) is 6.91. The summed E-state index contributed by atoms with van der Waals surface area (Å²) in [6, 6.07) is -0.436. The molecule has 1 aliphatic heterocycles. The van der Waals surface area contributed by atoms with E-state index in [1.807, 2.05) is 12.3 Å². The third-order valence-corrected chi connectivity index (χ3v) is 5.10. The number of thiazole rings is 1. The standard InChI is InChI=1S/C17H27N3O2S/c1-4-13(17-18-8-10-23-17)19-16(22)14(11-12(2)3)20-9-6-5-7-15(20)21/h8,10,12-14H,4-7,9,11H2,1-3H3,(H,19,22)/t13-,14-/m0/s1. The van der Waals surface area contributed by atoms with Crippen LogP contribution < -0.4 is 5.32 Å². The van der Waals surface area contributed by atoms with Gasteiger partial charge in [0.2, 0.25) is 11.8 Å². The Morgan fingerprint density at radius 2 is 2.22 bits per heavy atom. The van der Waals surface area contributed by atoms with E-state index in [0.29, 0.717) is 25.3 Å². The highest BCUT2D eigenvalue weighted by atomic mass is 32.1. The lowest BCUT2D eigenvalue weighted by molar-refractivity contribution is -0.143. The number of hydrogen-bond acceptors (Lipinski definition) is 4. The lowest BCUT2D eigenvalue weighted by atomic mass is 9.98. The minimum atomic E-state index is -0.364. The Kier molecular flexibility index (Phi) is 6.57. The van der Waals surface area contributed by atoms with Gasteiger partial charge in [-0.1, -0.05) is 20.8 Å². The van der Waals surface area contributed by atoms with E-state index in [0.717, 1.165) is 24.3 Å². The number of hydrogen-bond donors (Lipinski definition) is 1. The lowest BCUT2D eigenvalue weighted by Gasteiger charge is -2.35. The molecular weight excluding hydrogens is 310 g/mol. The maximum Gasteiger partial charge on any atom is 0.243 e. The molecule has 2 atom stereocenters. The summed E-state index contributed by atoms with van der Waals surface area (Å²) in [4.78, 5) is 31.2. The summed E-state index contributed by atoms with van der Waals surface area (Å²) in [5, 5.41) is 5.95. The van der Waals surface area contributed by atoms with E-state index < -0.39 is 0 Å². The zero-order valence-corrected chi connectivity index (χ0v) is 15.1. The molecule has 0 spiro atoms. The van der Waals surface area contributed by atoms with Gasteiger partial charge in [0.15, 0.2) is 0 Å². The van der Waals surface area contributed by atoms with E-state index in [4.69, 9.17) is 0 Å². The largest absolute Gasteiger partial charge is 0.345 e. The second-order valence-corrected chi connectivity index (χ2v) is 7.46. The maximum absolute atomic E-state index is 12.9. The van der Waals surface area contributed by atoms with Crippen LogP contribution in [0.3, 0.4) is 0 Å². The first-order valence-electron chi connectivity index (χ1n) is 8.52. The molecule has 128 valence electrons. The van der Waals surface area contributed by atoms with Crippen LogP contribution in [0.1, 0.15) is 63.9 Å². The second-order valence-electron chi connectivity index (χ2n) is 6.53. The number of rotatable bonds is 7. The number of nitrogens with one attached hydrogen (secondary N) is 1. The fourth-order valence-corrected chi connectivity index (χ4v) is 3.76. The number of nitrogens with zero attached hydrogens (tertiary/aromatic N) is 2. The third-order valence-electron chi connectivity index (χ3n) is 4.21. The average Bonchev–Trinajstić information content (AvgIpc) is 3.05. The quantitative estimate of drug-likeness (QED) is 0.831. The highest BCUT2D eigenvalue weighted by Crippen LogP contribution is 2.22. The van der Waals surface area contributed by atoms with Crippen LogP contribution in [0.4, 0.5) is 0 Å². The number of likely N-dealkylation sites (tertiary alicyclic amines) is 1. The minimum absolute atomic E-state index is 0.0454. The van der Waals surface area contributed by atoms with Crippen molar-refractivity contribution in [2.75, 3.05) is 6.54 Å². The van der Waals surface area contributed by atoms with E-state index in [1.54, 1.807) is 22.4 Å². The van der Waals surface area contributed by atoms with Gasteiger partial charge < -0.3 is 10.2 Å². The molecule has 1 aromatic rings. The van der Waals surface area contributed by atoms with Crippen molar-refractivity contribution >= 4 is 23.2 Å². The Morgan fingerprint density at radius 3 is 2.78 bits per heavy atom. The number of carbonyl (C=O) groups is 2. The lowest BCUT2D eigenvalue weighted by Crippen LogP contribution is -2.52. The van der Waals surface area contributed by atoms with Crippen molar-refractivity contribution in [3.8, 4) is 0 Å². The van der Waals surface area contributed by atoms with Gasteiger partial charge >= 0.3 is 0 Å². The summed E-state index contributed by atoms with van der Waals surface area (Å²) < 4.78 is 0. The molecule has 5 nitrogen and oxygen atoms in total. The van der Waals surface area contributed by atoms with Crippen molar-refractivity contribution < 1.29 is 9.59 Å². The predicted molar refractivity (Wildman–Crippen MR) is 92.1 cm³/mol. The predicted octanol–water partition coefficient (Wildman–Crippen LogP) is 3.14. The topological polar surface area (TPSA) is 62.3 Å². The van der Waals surface area contributed by atoms with Crippen LogP contribution in [0.2, 0.25) is 0 Å². The molecular formula is C17H27N3O2S. The van der Waals surface area contributed by atoms with Gasteiger partial charge in [0.05, 0.1) is 6.04 Å². The Hall–Kier alpha value is -1.43. The molecule has 2 rings (SSSR count). The molecule has 0 aliphatic carbocycles. The van der Waals surface area contributed by atoms with Gasteiger partial charge in [-0.2, -0.15) is 0 Å². The monoisotopic (exact) mass is 337 g/mol. The molecule has 1 N–H and O–H groups in total. The van der Waals surface area contributed by atoms with Gasteiger partial charge in [-0.15, -0.1) is 11.3 Å². The van der Waals surface area contributed by atoms with Crippen LogP contribution in [0.15, 0.2) is 11.6 Å². The van der Waals surface area contributed by atoms with Gasteiger partial charge in [0.25, 0.3) is 0 Å². The molecule has 1 aliphatic rings. The molecule has 6 heteroatoms. The van der Waals surface area contributed by atoms with Gasteiger partial charge in [0, 0.05) is 24.5 Å². The Labute approximate surface area is 142 Å². The molecule has 0 aromatic carbocycles. The Morgan fingerprint density at radius 1 is 1.43 bits per heavy atom. The van der Waals surface area contributed by atoms with E-state index in [-0.39, 0.29) is 23.9 Å². The number of aromatic nitrogens is 1. The first-order chi connectivity index (χ1) is 11.0. The first-order valence-corrected chi connectivity index (χ1v) is 9.40. The van der Waals surface area contributed by atoms with Crippen LogP contribution in [0.5, 0.6) is 0 Å². The van der Waals surface area contributed by atoms with Crippen LogP contribution in [0, 0.1) is 5.92 Å². The zero-order valence-electron chi connectivity index (χ0n) is 14.2. The molecule has 2 heterocycles. The normalized spacial score (nSPS) is 18.1. The van der Waals surface area contributed by atoms with Gasteiger partial charge in [0.1, 0.15) is 11.0 Å². The maximum atomic E-state index is 12.9. The molecule has 1 aromatic heterocycles. The summed E-state index contributed by atoms with van der Waals surface area (Å²) in [5.41, 5.74) is 0. The van der Waals surface area contributed by atoms with E-state index in [2.05, 4.69) is 24.1 Å². The first kappa shape index (κ1) is 17.9. The average molecular weight is 337 g/mol. The van der Waals surface area contributed by atoms with Crippen molar-refractivity contribution in [1.29, 1.82) is 0 Å². The van der Waals surface area contributed by atoms with Crippen LogP contribution in [-0.4, -0.2) is 34.3 Å². The van der Waals surface area contributed by atoms with Crippen LogP contribution in [-0.2, 0) is 9.59 Å². The van der Waals surface area contributed by atoms with E-state index >= 15 is 0 Å². The van der Waals surface area contributed by atoms with Crippen molar-refractivity contribution in [2.24, 2.45) is 5.92 Å². The van der Waals surface area contributed by atoms with Crippen molar-refractivity contribution in [2.45, 2.75) is 65.0 Å². The summed E-state index contributed by atoms with van der Waals surface area (Å²) in [6.07, 6.45) is 5.73. The molecule has 1 fully saturated rings. The zero-order chi connectivity index (χ0) is 16.8. The SMILES string of the molecule is CC[C@H](NC(=O)[C@H](CC(C)C)N1CCCCC1=O)c1nccs1. The van der Waals surface area contributed by atoms with Gasteiger partial charge in [-0.3, -0.25) is 9.59 Å².